The van der Waals surface area contributed by atoms with Crippen molar-refractivity contribution in [3.8, 4) is 22.8 Å². The summed E-state index contributed by atoms with van der Waals surface area (Å²) >= 11 is 0. The third kappa shape index (κ3) is 3.14. The minimum atomic E-state index is -1.06. The van der Waals surface area contributed by atoms with Crippen LogP contribution in [0.25, 0.3) is 22.2 Å². The first kappa shape index (κ1) is 17.9. The molecular formula is C22H19N3O3. The first-order chi connectivity index (χ1) is 13.7. The third-order valence-electron chi connectivity index (χ3n) is 4.60. The molecule has 0 unspecified atom stereocenters. The molecule has 0 aliphatic rings. The SMILES string of the molecule is COc1cccc(OC)c1[C@@H](O)c1nc(-c2ccncc2)cc2ncccc12. The number of fused-ring (bicyclic) bond motifs is 1. The molecule has 1 aromatic carbocycles. The van der Waals surface area contributed by atoms with E-state index in [9.17, 15) is 5.11 Å². The fourth-order valence-electron chi connectivity index (χ4n) is 3.27. The number of aliphatic hydroxyl groups is 1. The van der Waals surface area contributed by atoms with E-state index < -0.39 is 6.10 Å². The fraction of sp³-hybridized carbons (Fsp3) is 0.136. The quantitative estimate of drug-likeness (QED) is 0.573. The van der Waals surface area contributed by atoms with Crippen LogP contribution >= 0.6 is 0 Å². The molecule has 1 N–H and O–H groups in total. The van der Waals surface area contributed by atoms with Gasteiger partial charge in [0.1, 0.15) is 17.6 Å². The Labute approximate surface area is 162 Å². The first-order valence-corrected chi connectivity index (χ1v) is 8.78. The molecule has 1 atom stereocenters. The molecule has 0 saturated heterocycles. The van der Waals surface area contributed by atoms with Gasteiger partial charge in [-0.2, -0.15) is 0 Å². The van der Waals surface area contributed by atoms with Crippen LogP contribution in [0.3, 0.4) is 0 Å². The average Bonchev–Trinajstić information content (AvgIpc) is 2.77. The van der Waals surface area contributed by atoms with E-state index in [2.05, 4.69) is 9.97 Å². The molecule has 3 aromatic heterocycles. The summed E-state index contributed by atoms with van der Waals surface area (Å²) in [5.74, 6) is 1.06. The number of methoxy groups -OCH3 is 2. The number of nitrogens with zero attached hydrogens (tertiary/aromatic N) is 3. The van der Waals surface area contributed by atoms with Crippen molar-refractivity contribution in [2.45, 2.75) is 6.10 Å². The fourth-order valence-corrected chi connectivity index (χ4v) is 3.27. The van der Waals surface area contributed by atoms with Gasteiger partial charge in [0.25, 0.3) is 0 Å². The zero-order valence-electron chi connectivity index (χ0n) is 15.5. The van der Waals surface area contributed by atoms with Gasteiger partial charge >= 0.3 is 0 Å². The minimum absolute atomic E-state index is 0.486. The van der Waals surface area contributed by atoms with Gasteiger partial charge in [0.05, 0.1) is 36.7 Å². The maximum Gasteiger partial charge on any atom is 0.129 e. The summed E-state index contributed by atoms with van der Waals surface area (Å²) in [6.07, 6.45) is 4.08. The van der Waals surface area contributed by atoms with Gasteiger partial charge in [-0.3, -0.25) is 9.97 Å². The van der Waals surface area contributed by atoms with Crippen LogP contribution in [0.2, 0.25) is 0 Å². The molecule has 0 saturated carbocycles. The summed E-state index contributed by atoms with van der Waals surface area (Å²) in [6, 6.07) is 14.8. The predicted molar refractivity (Wildman–Crippen MR) is 106 cm³/mol. The standard InChI is InChI=1S/C22H19N3O3/c1-27-18-6-3-7-19(28-2)20(18)22(26)21-15-5-4-10-24-17(15)13-16(25-21)14-8-11-23-12-9-14/h3-13,22,26H,1-2H3/t22-/m1/s1. The molecule has 0 fully saturated rings. The number of aliphatic hydroxyl groups excluding tert-OH is 1. The number of benzene rings is 1. The van der Waals surface area contributed by atoms with Crippen molar-refractivity contribution in [1.29, 1.82) is 0 Å². The zero-order chi connectivity index (χ0) is 19.5. The van der Waals surface area contributed by atoms with Gasteiger partial charge < -0.3 is 14.6 Å². The Kier molecular flexibility index (Phi) is 4.87. The van der Waals surface area contributed by atoms with Crippen molar-refractivity contribution in [2.24, 2.45) is 0 Å². The van der Waals surface area contributed by atoms with E-state index in [1.54, 1.807) is 44.9 Å². The topological polar surface area (TPSA) is 77.4 Å². The highest BCUT2D eigenvalue weighted by atomic mass is 16.5. The Hall–Kier alpha value is -3.51. The summed E-state index contributed by atoms with van der Waals surface area (Å²) in [4.78, 5) is 13.3. The average molecular weight is 373 g/mol. The van der Waals surface area contributed by atoms with Crippen molar-refractivity contribution in [1.82, 2.24) is 15.0 Å². The van der Waals surface area contributed by atoms with Gasteiger partial charge in [-0.15, -0.1) is 0 Å². The van der Waals surface area contributed by atoms with Crippen LogP contribution in [0.15, 0.2) is 67.1 Å². The lowest BCUT2D eigenvalue weighted by molar-refractivity contribution is 0.206. The summed E-state index contributed by atoms with van der Waals surface area (Å²) < 4.78 is 10.9. The van der Waals surface area contributed by atoms with Gasteiger partial charge in [0.2, 0.25) is 0 Å². The molecule has 140 valence electrons. The Balaban J connectivity index is 1.96. The molecule has 0 bridgehead atoms. The van der Waals surface area contributed by atoms with Crippen LogP contribution in [0.5, 0.6) is 11.5 Å². The molecule has 0 spiro atoms. The van der Waals surface area contributed by atoms with E-state index in [0.717, 1.165) is 16.5 Å². The minimum Gasteiger partial charge on any atom is -0.496 e. The van der Waals surface area contributed by atoms with E-state index in [-0.39, 0.29) is 0 Å². The number of hydrogen-bond donors (Lipinski definition) is 1. The molecule has 4 aromatic rings. The van der Waals surface area contributed by atoms with Crippen LogP contribution in [0.1, 0.15) is 17.4 Å². The Morgan fingerprint density at radius 3 is 2.29 bits per heavy atom. The monoisotopic (exact) mass is 373 g/mol. The molecule has 6 heteroatoms. The Bertz CT molecular complexity index is 1090. The summed E-state index contributed by atoms with van der Waals surface area (Å²) in [5.41, 5.74) is 3.35. The lowest BCUT2D eigenvalue weighted by Crippen LogP contribution is -2.08. The third-order valence-corrected chi connectivity index (χ3v) is 4.60. The maximum atomic E-state index is 11.3. The van der Waals surface area contributed by atoms with Gasteiger partial charge in [0, 0.05) is 29.5 Å². The molecule has 6 nitrogen and oxygen atoms in total. The van der Waals surface area contributed by atoms with Gasteiger partial charge in [0.15, 0.2) is 0 Å². The van der Waals surface area contributed by atoms with E-state index in [0.29, 0.717) is 28.5 Å². The largest absolute Gasteiger partial charge is 0.496 e. The molecule has 0 aliphatic heterocycles. The normalized spacial score (nSPS) is 12.0. The highest BCUT2D eigenvalue weighted by Gasteiger charge is 2.24. The Morgan fingerprint density at radius 2 is 1.61 bits per heavy atom. The van der Waals surface area contributed by atoms with Crippen LogP contribution in [-0.4, -0.2) is 34.3 Å². The summed E-state index contributed by atoms with van der Waals surface area (Å²) in [6.45, 7) is 0. The zero-order valence-corrected chi connectivity index (χ0v) is 15.5. The molecule has 4 rings (SSSR count). The molecule has 0 radical (unpaired) electrons. The molecular weight excluding hydrogens is 354 g/mol. The van der Waals surface area contributed by atoms with Crippen molar-refractivity contribution in [3.63, 3.8) is 0 Å². The molecule has 0 aliphatic carbocycles. The van der Waals surface area contributed by atoms with E-state index in [1.807, 2.05) is 36.4 Å². The van der Waals surface area contributed by atoms with E-state index in [4.69, 9.17) is 14.5 Å². The number of hydrogen-bond acceptors (Lipinski definition) is 6. The summed E-state index contributed by atoms with van der Waals surface area (Å²) in [7, 11) is 3.12. The van der Waals surface area contributed by atoms with Crippen LogP contribution in [-0.2, 0) is 0 Å². The van der Waals surface area contributed by atoms with Crippen molar-refractivity contribution in [3.05, 3.63) is 78.4 Å². The number of aromatic nitrogens is 3. The summed E-state index contributed by atoms with van der Waals surface area (Å²) in [5, 5.41) is 12.1. The second-order valence-corrected chi connectivity index (χ2v) is 6.18. The second kappa shape index (κ2) is 7.62. The van der Waals surface area contributed by atoms with Crippen molar-refractivity contribution < 1.29 is 14.6 Å². The maximum absolute atomic E-state index is 11.3. The van der Waals surface area contributed by atoms with Crippen LogP contribution in [0, 0.1) is 0 Å². The van der Waals surface area contributed by atoms with E-state index >= 15 is 0 Å². The van der Waals surface area contributed by atoms with Gasteiger partial charge in [-0.1, -0.05) is 6.07 Å². The van der Waals surface area contributed by atoms with Gasteiger partial charge in [-0.25, -0.2) is 4.98 Å². The predicted octanol–water partition coefficient (Wildman–Crippen LogP) is 3.79. The van der Waals surface area contributed by atoms with Crippen LogP contribution < -0.4 is 9.47 Å². The first-order valence-electron chi connectivity index (χ1n) is 8.78. The molecule has 0 amide bonds. The lowest BCUT2D eigenvalue weighted by Gasteiger charge is -2.19. The molecule has 28 heavy (non-hydrogen) atoms. The number of ether oxygens (including phenoxy) is 2. The highest BCUT2D eigenvalue weighted by Crippen LogP contribution is 2.39. The van der Waals surface area contributed by atoms with E-state index in [1.165, 1.54) is 0 Å². The van der Waals surface area contributed by atoms with Crippen molar-refractivity contribution in [2.75, 3.05) is 14.2 Å². The highest BCUT2D eigenvalue weighted by molar-refractivity contribution is 5.85. The number of rotatable bonds is 5. The Morgan fingerprint density at radius 1 is 0.893 bits per heavy atom. The molecule has 3 heterocycles. The van der Waals surface area contributed by atoms with Gasteiger partial charge in [-0.05, 0) is 42.5 Å². The second-order valence-electron chi connectivity index (χ2n) is 6.18. The van der Waals surface area contributed by atoms with Crippen molar-refractivity contribution >= 4 is 10.9 Å². The lowest BCUT2D eigenvalue weighted by atomic mass is 9.99. The van der Waals surface area contributed by atoms with Crippen LogP contribution in [0.4, 0.5) is 0 Å². The number of pyridine rings is 3. The smallest absolute Gasteiger partial charge is 0.129 e.